The van der Waals surface area contributed by atoms with Gasteiger partial charge in [0.25, 0.3) is 0 Å². The van der Waals surface area contributed by atoms with Gasteiger partial charge in [0.1, 0.15) is 11.6 Å². The first-order valence-electron chi connectivity index (χ1n) is 10.5. The van der Waals surface area contributed by atoms with Crippen molar-refractivity contribution in [3.8, 4) is 0 Å². The van der Waals surface area contributed by atoms with Gasteiger partial charge in [-0.05, 0) is 59.9 Å². The number of hydrogen-bond acceptors (Lipinski definition) is 4. The Morgan fingerprint density at radius 2 is 1.76 bits per heavy atom. The lowest BCUT2D eigenvalue weighted by Crippen LogP contribution is -2.51. The van der Waals surface area contributed by atoms with Gasteiger partial charge in [-0.2, -0.15) is 0 Å². The second-order valence-corrected chi connectivity index (χ2v) is 9.57. The molecule has 2 atom stereocenters. The highest BCUT2D eigenvalue weighted by Gasteiger charge is 2.35. The molecule has 1 aromatic heterocycles. The number of halogens is 2. The van der Waals surface area contributed by atoms with Crippen LogP contribution >= 0.6 is 11.3 Å². The first-order valence-corrected chi connectivity index (χ1v) is 11.4. The number of rotatable bonds is 8. The van der Waals surface area contributed by atoms with Crippen LogP contribution in [0.15, 0.2) is 29.6 Å². The highest BCUT2D eigenvalue weighted by Crippen LogP contribution is 2.40. The van der Waals surface area contributed by atoms with Gasteiger partial charge in [-0.1, -0.05) is 33.1 Å². The Bertz CT molecular complexity index is 782. The molecule has 1 saturated carbocycles. The summed E-state index contributed by atoms with van der Waals surface area (Å²) in [6.07, 6.45) is 5.05. The zero-order chi connectivity index (χ0) is 21.0. The molecule has 0 amide bonds. The van der Waals surface area contributed by atoms with Crippen molar-refractivity contribution in [1.82, 2.24) is 5.32 Å². The van der Waals surface area contributed by atoms with E-state index in [1.54, 1.807) is 11.3 Å². The molecule has 0 unspecified atom stereocenters. The number of benzene rings is 1. The summed E-state index contributed by atoms with van der Waals surface area (Å²) in [6.45, 7) is 4.76. The molecule has 0 aliphatic heterocycles. The Labute approximate surface area is 176 Å². The van der Waals surface area contributed by atoms with E-state index in [2.05, 4.69) is 30.6 Å². The van der Waals surface area contributed by atoms with E-state index in [0.29, 0.717) is 18.0 Å². The van der Waals surface area contributed by atoms with Gasteiger partial charge in [0.15, 0.2) is 0 Å². The first kappa shape index (κ1) is 22.3. The van der Waals surface area contributed by atoms with Crippen molar-refractivity contribution in [2.45, 2.75) is 76.0 Å². The third-order valence-electron chi connectivity index (χ3n) is 5.99. The van der Waals surface area contributed by atoms with Crippen LogP contribution in [0.5, 0.6) is 0 Å². The van der Waals surface area contributed by atoms with Crippen molar-refractivity contribution >= 4 is 11.3 Å². The van der Waals surface area contributed by atoms with Gasteiger partial charge in [0.05, 0.1) is 6.10 Å². The molecule has 0 saturated heterocycles. The Kier molecular flexibility index (Phi) is 7.43. The zero-order valence-corrected chi connectivity index (χ0v) is 18.1. The van der Waals surface area contributed by atoms with Crippen LogP contribution < -0.4 is 11.1 Å². The number of nitrogens with two attached hydrogens (primary N) is 1. The maximum Gasteiger partial charge on any atom is 0.126 e. The van der Waals surface area contributed by atoms with Crippen LogP contribution in [0.4, 0.5) is 8.78 Å². The van der Waals surface area contributed by atoms with E-state index in [0.717, 1.165) is 31.7 Å². The lowest BCUT2D eigenvalue weighted by Gasteiger charge is -2.39. The SMILES string of the molecule is CC(C)c1cc(C2(NC[C@@H](O)[C@@H](N)Cc3cc(F)cc(F)c3)CCCCC2)cs1. The largest absolute Gasteiger partial charge is 0.390 e. The maximum atomic E-state index is 13.4. The third-order valence-corrected chi connectivity index (χ3v) is 7.22. The molecule has 0 spiro atoms. The van der Waals surface area contributed by atoms with Crippen LogP contribution in [-0.2, 0) is 12.0 Å². The summed E-state index contributed by atoms with van der Waals surface area (Å²) < 4.78 is 26.8. The average Bonchev–Trinajstić information content (AvgIpc) is 3.17. The predicted molar refractivity (Wildman–Crippen MR) is 115 cm³/mol. The molecule has 4 N–H and O–H groups in total. The van der Waals surface area contributed by atoms with Crippen molar-refractivity contribution in [1.29, 1.82) is 0 Å². The van der Waals surface area contributed by atoms with Gasteiger partial charge in [-0.25, -0.2) is 8.78 Å². The van der Waals surface area contributed by atoms with E-state index in [-0.39, 0.29) is 12.0 Å². The number of hydrogen-bond donors (Lipinski definition) is 3. The van der Waals surface area contributed by atoms with Crippen LogP contribution in [0.3, 0.4) is 0 Å². The number of aliphatic hydroxyl groups excluding tert-OH is 1. The van der Waals surface area contributed by atoms with Crippen LogP contribution in [0.2, 0.25) is 0 Å². The second-order valence-electron chi connectivity index (χ2n) is 8.63. The van der Waals surface area contributed by atoms with Crippen molar-refractivity contribution in [3.05, 3.63) is 57.3 Å². The summed E-state index contributed by atoms with van der Waals surface area (Å²) in [5.41, 5.74) is 7.79. The van der Waals surface area contributed by atoms with Gasteiger partial charge in [-0.15, -0.1) is 11.3 Å². The van der Waals surface area contributed by atoms with Crippen LogP contribution in [0.25, 0.3) is 0 Å². The topological polar surface area (TPSA) is 58.3 Å². The molecule has 1 aliphatic rings. The minimum absolute atomic E-state index is 0.131. The molecule has 1 fully saturated rings. The van der Waals surface area contributed by atoms with Crippen molar-refractivity contribution in [3.63, 3.8) is 0 Å². The Morgan fingerprint density at radius 3 is 2.34 bits per heavy atom. The Hall–Kier alpha value is -1.34. The van der Waals surface area contributed by atoms with Crippen molar-refractivity contribution < 1.29 is 13.9 Å². The molecule has 29 heavy (non-hydrogen) atoms. The molecule has 160 valence electrons. The molecular weight excluding hydrogens is 390 g/mol. The highest BCUT2D eigenvalue weighted by molar-refractivity contribution is 7.10. The Balaban J connectivity index is 1.66. The van der Waals surface area contributed by atoms with Gasteiger partial charge in [0.2, 0.25) is 0 Å². The molecule has 0 radical (unpaired) electrons. The van der Waals surface area contributed by atoms with E-state index in [1.807, 2.05) is 0 Å². The quantitative estimate of drug-likeness (QED) is 0.571. The summed E-state index contributed by atoms with van der Waals surface area (Å²) in [5.74, 6) is -0.751. The smallest absolute Gasteiger partial charge is 0.126 e. The molecule has 2 aromatic rings. The van der Waals surface area contributed by atoms with Crippen LogP contribution in [0, 0.1) is 11.6 Å². The van der Waals surface area contributed by atoms with Gasteiger partial charge in [-0.3, -0.25) is 0 Å². The van der Waals surface area contributed by atoms with E-state index in [1.165, 1.54) is 29.0 Å². The standard InChI is InChI=1S/C23H32F2N2OS/c1-15(2)22-11-17(14-29-22)23(6-4-3-5-7-23)27-13-21(28)20(26)10-16-8-18(24)12-19(25)9-16/h8-9,11-12,14-15,20-21,27-28H,3-7,10,13,26H2,1-2H3/t20-,21+/m0/s1. The fraction of sp³-hybridized carbons (Fsp3) is 0.565. The fourth-order valence-electron chi connectivity index (χ4n) is 4.22. The highest BCUT2D eigenvalue weighted by atomic mass is 32.1. The normalized spacial score (nSPS) is 18.7. The lowest BCUT2D eigenvalue weighted by atomic mass is 9.77. The molecule has 6 heteroatoms. The van der Waals surface area contributed by atoms with Crippen molar-refractivity contribution in [2.75, 3.05) is 6.54 Å². The third kappa shape index (κ3) is 5.63. The summed E-state index contributed by atoms with van der Waals surface area (Å²) in [4.78, 5) is 1.37. The van der Waals surface area contributed by atoms with Gasteiger partial charge < -0.3 is 16.2 Å². The molecule has 0 bridgehead atoms. The predicted octanol–water partition coefficient (Wildman–Crippen LogP) is 4.83. The monoisotopic (exact) mass is 422 g/mol. The summed E-state index contributed by atoms with van der Waals surface area (Å²) in [5, 5.41) is 16.5. The van der Waals surface area contributed by atoms with E-state index in [4.69, 9.17) is 5.73 Å². The second kappa shape index (κ2) is 9.65. The van der Waals surface area contributed by atoms with Crippen LogP contribution in [0.1, 0.15) is 67.9 Å². The minimum Gasteiger partial charge on any atom is -0.390 e. The summed E-state index contributed by atoms with van der Waals surface area (Å²) >= 11 is 1.80. The summed E-state index contributed by atoms with van der Waals surface area (Å²) in [6, 6.07) is 5.08. The molecule has 1 aromatic carbocycles. The van der Waals surface area contributed by atoms with Crippen molar-refractivity contribution in [2.24, 2.45) is 5.73 Å². The fourth-order valence-corrected chi connectivity index (χ4v) is 5.24. The number of thiophene rings is 1. The number of aliphatic hydroxyl groups is 1. The summed E-state index contributed by atoms with van der Waals surface area (Å²) in [7, 11) is 0. The average molecular weight is 423 g/mol. The molecule has 1 heterocycles. The van der Waals surface area contributed by atoms with Crippen LogP contribution in [-0.4, -0.2) is 23.8 Å². The zero-order valence-electron chi connectivity index (χ0n) is 17.3. The molecular formula is C23H32F2N2OS. The maximum absolute atomic E-state index is 13.4. The van der Waals surface area contributed by atoms with Gasteiger partial charge >= 0.3 is 0 Å². The molecule has 1 aliphatic carbocycles. The first-order chi connectivity index (χ1) is 13.8. The molecule has 3 nitrogen and oxygen atoms in total. The van der Waals surface area contributed by atoms with E-state index in [9.17, 15) is 13.9 Å². The van der Waals surface area contributed by atoms with Gasteiger partial charge in [0, 0.05) is 29.1 Å². The lowest BCUT2D eigenvalue weighted by molar-refractivity contribution is 0.117. The van der Waals surface area contributed by atoms with E-state index < -0.39 is 23.8 Å². The molecule has 3 rings (SSSR count). The Morgan fingerprint density at radius 1 is 1.10 bits per heavy atom. The van der Waals surface area contributed by atoms with E-state index >= 15 is 0 Å². The minimum atomic E-state index is -0.802. The number of nitrogens with one attached hydrogen (secondary N) is 1.